The minimum absolute atomic E-state index is 0.0518. The lowest BCUT2D eigenvalue weighted by molar-refractivity contribution is -0.122. The molecule has 0 spiro atoms. The maximum atomic E-state index is 11.1. The lowest BCUT2D eigenvalue weighted by atomic mass is 10.1. The van der Waals surface area contributed by atoms with Crippen molar-refractivity contribution in [2.75, 3.05) is 6.54 Å². The summed E-state index contributed by atoms with van der Waals surface area (Å²) >= 11 is 0. The standard InChI is InChI=1S/C7H11N3O/c8-5-10-6-3-1-2-4-9-7(6)11/h6,10H,1-4H2,(H,9,11). The molecule has 0 aromatic heterocycles. The number of rotatable bonds is 1. The fourth-order valence-corrected chi connectivity index (χ4v) is 1.15. The van der Waals surface area contributed by atoms with Crippen LogP contribution in [-0.4, -0.2) is 18.5 Å². The zero-order chi connectivity index (χ0) is 8.10. The van der Waals surface area contributed by atoms with Gasteiger partial charge in [0.15, 0.2) is 6.19 Å². The molecule has 0 aromatic carbocycles. The highest BCUT2D eigenvalue weighted by Gasteiger charge is 2.18. The molecule has 1 amide bonds. The third-order valence-corrected chi connectivity index (χ3v) is 1.77. The SMILES string of the molecule is N#CNC1CCCCNC1=O. The molecule has 11 heavy (non-hydrogen) atoms. The molecule has 1 atom stereocenters. The summed E-state index contributed by atoms with van der Waals surface area (Å²) in [5.41, 5.74) is 0. The summed E-state index contributed by atoms with van der Waals surface area (Å²) in [6.45, 7) is 0.739. The van der Waals surface area contributed by atoms with E-state index in [4.69, 9.17) is 5.26 Å². The van der Waals surface area contributed by atoms with Gasteiger partial charge in [0.1, 0.15) is 6.04 Å². The van der Waals surface area contributed by atoms with E-state index in [1.54, 1.807) is 6.19 Å². The Balaban J connectivity index is 2.47. The van der Waals surface area contributed by atoms with Gasteiger partial charge >= 0.3 is 0 Å². The Morgan fingerprint density at radius 2 is 2.45 bits per heavy atom. The zero-order valence-corrected chi connectivity index (χ0v) is 6.26. The Morgan fingerprint density at radius 1 is 1.64 bits per heavy atom. The number of nitriles is 1. The van der Waals surface area contributed by atoms with Gasteiger partial charge in [-0.1, -0.05) is 0 Å². The fourth-order valence-electron chi connectivity index (χ4n) is 1.15. The number of carbonyl (C=O) groups excluding carboxylic acids is 1. The highest BCUT2D eigenvalue weighted by Crippen LogP contribution is 2.04. The molecule has 0 aromatic rings. The van der Waals surface area contributed by atoms with Crippen LogP contribution in [0.5, 0.6) is 0 Å². The van der Waals surface area contributed by atoms with Crippen LogP contribution in [0.3, 0.4) is 0 Å². The van der Waals surface area contributed by atoms with Gasteiger partial charge in [0.25, 0.3) is 0 Å². The highest BCUT2D eigenvalue weighted by molar-refractivity contribution is 5.82. The first kappa shape index (κ1) is 7.86. The van der Waals surface area contributed by atoms with Crippen molar-refractivity contribution >= 4 is 5.91 Å². The Labute approximate surface area is 65.6 Å². The maximum absolute atomic E-state index is 11.1. The summed E-state index contributed by atoms with van der Waals surface area (Å²) in [4.78, 5) is 11.1. The molecule has 0 saturated carbocycles. The molecule has 0 aliphatic carbocycles. The van der Waals surface area contributed by atoms with Crippen LogP contribution in [0.1, 0.15) is 19.3 Å². The Bertz CT molecular complexity index is 185. The molecule has 1 saturated heterocycles. The van der Waals surface area contributed by atoms with Gasteiger partial charge in [-0.2, -0.15) is 5.26 Å². The van der Waals surface area contributed by atoms with Gasteiger partial charge in [0.05, 0.1) is 0 Å². The maximum Gasteiger partial charge on any atom is 0.243 e. The summed E-state index contributed by atoms with van der Waals surface area (Å²) in [7, 11) is 0. The minimum Gasteiger partial charge on any atom is -0.354 e. The van der Waals surface area contributed by atoms with Gasteiger partial charge in [-0.25, -0.2) is 0 Å². The number of hydrogen-bond donors (Lipinski definition) is 2. The monoisotopic (exact) mass is 153 g/mol. The largest absolute Gasteiger partial charge is 0.354 e. The quantitative estimate of drug-likeness (QED) is 0.402. The Hall–Kier alpha value is -1.24. The molecule has 1 rings (SSSR count). The van der Waals surface area contributed by atoms with Crippen molar-refractivity contribution in [1.82, 2.24) is 10.6 Å². The van der Waals surface area contributed by atoms with Crippen molar-refractivity contribution in [1.29, 1.82) is 5.26 Å². The average Bonchev–Trinajstić information content (AvgIpc) is 2.18. The van der Waals surface area contributed by atoms with E-state index < -0.39 is 0 Å². The normalized spacial score (nSPS) is 24.6. The number of amides is 1. The summed E-state index contributed by atoms with van der Waals surface area (Å²) in [5, 5.41) is 13.5. The second-order valence-corrected chi connectivity index (χ2v) is 2.60. The third kappa shape index (κ3) is 2.11. The molecule has 1 aliphatic rings. The minimum atomic E-state index is -0.303. The lowest BCUT2D eigenvalue weighted by Crippen LogP contribution is -2.40. The molecular formula is C7H11N3O. The van der Waals surface area contributed by atoms with E-state index in [0.29, 0.717) is 0 Å². The van der Waals surface area contributed by atoms with E-state index in [0.717, 1.165) is 25.8 Å². The van der Waals surface area contributed by atoms with E-state index in [-0.39, 0.29) is 11.9 Å². The van der Waals surface area contributed by atoms with E-state index in [2.05, 4.69) is 10.6 Å². The fraction of sp³-hybridized carbons (Fsp3) is 0.714. The second kappa shape index (κ2) is 3.81. The van der Waals surface area contributed by atoms with Crippen molar-refractivity contribution in [2.45, 2.75) is 25.3 Å². The predicted molar refractivity (Wildman–Crippen MR) is 39.4 cm³/mol. The van der Waals surface area contributed by atoms with Gasteiger partial charge in [0, 0.05) is 6.54 Å². The highest BCUT2D eigenvalue weighted by atomic mass is 16.2. The molecule has 1 unspecified atom stereocenters. The van der Waals surface area contributed by atoms with Crippen LogP contribution in [-0.2, 0) is 4.79 Å². The zero-order valence-electron chi connectivity index (χ0n) is 6.26. The van der Waals surface area contributed by atoms with Crippen molar-refractivity contribution < 1.29 is 4.79 Å². The molecule has 4 heteroatoms. The van der Waals surface area contributed by atoms with E-state index in [1.165, 1.54) is 0 Å². The van der Waals surface area contributed by atoms with Gasteiger partial charge in [-0.05, 0) is 19.3 Å². The number of hydrogen-bond acceptors (Lipinski definition) is 3. The number of nitrogens with one attached hydrogen (secondary N) is 2. The molecular weight excluding hydrogens is 142 g/mol. The predicted octanol–water partition coefficient (Wildman–Crippen LogP) is -0.274. The number of nitrogens with zero attached hydrogens (tertiary/aromatic N) is 1. The van der Waals surface area contributed by atoms with Crippen LogP contribution >= 0.6 is 0 Å². The average molecular weight is 153 g/mol. The second-order valence-electron chi connectivity index (χ2n) is 2.60. The lowest BCUT2D eigenvalue weighted by Gasteiger charge is -2.09. The van der Waals surface area contributed by atoms with Crippen LogP contribution in [0.25, 0.3) is 0 Å². The molecule has 2 N–H and O–H groups in total. The smallest absolute Gasteiger partial charge is 0.243 e. The van der Waals surface area contributed by atoms with Crippen molar-refractivity contribution in [3.05, 3.63) is 0 Å². The van der Waals surface area contributed by atoms with Crippen LogP contribution in [0.2, 0.25) is 0 Å². The first-order valence-electron chi connectivity index (χ1n) is 3.77. The van der Waals surface area contributed by atoms with E-state index in [9.17, 15) is 4.79 Å². The molecule has 1 fully saturated rings. The van der Waals surface area contributed by atoms with Gasteiger partial charge in [-0.15, -0.1) is 0 Å². The third-order valence-electron chi connectivity index (χ3n) is 1.77. The van der Waals surface area contributed by atoms with Gasteiger partial charge in [0.2, 0.25) is 5.91 Å². The van der Waals surface area contributed by atoms with Crippen molar-refractivity contribution in [3.8, 4) is 6.19 Å². The summed E-state index contributed by atoms with van der Waals surface area (Å²) < 4.78 is 0. The van der Waals surface area contributed by atoms with Crippen LogP contribution in [0.4, 0.5) is 0 Å². The molecule has 0 radical (unpaired) electrons. The van der Waals surface area contributed by atoms with Crippen LogP contribution in [0.15, 0.2) is 0 Å². The molecule has 1 heterocycles. The Kier molecular flexibility index (Phi) is 2.73. The van der Waals surface area contributed by atoms with Crippen LogP contribution < -0.4 is 10.6 Å². The molecule has 60 valence electrons. The topological polar surface area (TPSA) is 64.9 Å². The van der Waals surface area contributed by atoms with E-state index in [1.807, 2.05) is 0 Å². The molecule has 0 bridgehead atoms. The first-order valence-corrected chi connectivity index (χ1v) is 3.77. The molecule has 1 aliphatic heterocycles. The summed E-state index contributed by atoms with van der Waals surface area (Å²) in [6.07, 6.45) is 4.56. The van der Waals surface area contributed by atoms with E-state index >= 15 is 0 Å². The molecule has 4 nitrogen and oxygen atoms in total. The van der Waals surface area contributed by atoms with Gasteiger partial charge < -0.3 is 10.6 Å². The number of carbonyl (C=O) groups is 1. The first-order chi connectivity index (χ1) is 5.34. The summed E-state index contributed by atoms with van der Waals surface area (Å²) in [5.74, 6) is -0.0518. The van der Waals surface area contributed by atoms with Crippen LogP contribution in [0, 0.1) is 11.5 Å². The van der Waals surface area contributed by atoms with Crippen molar-refractivity contribution in [2.24, 2.45) is 0 Å². The summed E-state index contributed by atoms with van der Waals surface area (Å²) in [6, 6.07) is -0.303. The van der Waals surface area contributed by atoms with Crippen molar-refractivity contribution in [3.63, 3.8) is 0 Å². The van der Waals surface area contributed by atoms with Gasteiger partial charge in [-0.3, -0.25) is 4.79 Å². The Morgan fingerprint density at radius 3 is 3.18 bits per heavy atom.